The van der Waals surface area contributed by atoms with Crippen LogP contribution in [0.3, 0.4) is 0 Å². The van der Waals surface area contributed by atoms with Crippen LogP contribution >= 0.6 is 11.8 Å². The Kier molecular flexibility index (Phi) is 4.10. The van der Waals surface area contributed by atoms with E-state index >= 15 is 0 Å². The van der Waals surface area contributed by atoms with E-state index < -0.39 is 0 Å². The van der Waals surface area contributed by atoms with Gasteiger partial charge in [0.15, 0.2) is 5.17 Å². The quantitative estimate of drug-likeness (QED) is 0.605. The van der Waals surface area contributed by atoms with E-state index in [-0.39, 0.29) is 16.7 Å². The molecule has 1 aromatic carbocycles. The van der Waals surface area contributed by atoms with Crippen LogP contribution in [-0.4, -0.2) is 16.8 Å². The summed E-state index contributed by atoms with van der Waals surface area (Å²) in [6.45, 7) is 9.08. The molecular weight excluding hydrogens is 342 g/mol. The van der Waals surface area contributed by atoms with Crippen molar-refractivity contribution in [1.29, 1.82) is 0 Å². The van der Waals surface area contributed by atoms with Gasteiger partial charge in [0, 0.05) is 11.1 Å². The Labute approximate surface area is 159 Å². The van der Waals surface area contributed by atoms with Crippen molar-refractivity contribution in [1.82, 2.24) is 5.32 Å². The van der Waals surface area contributed by atoms with E-state index in [0.717, 1.165) is 12.0 Å². The summed E-state index contributed by atoms with van der Waals surface area (Å²) in [6, 6.07) is 8.11. The summed E-state index contributed by atoms with van der Waals surface area (Å²) >= 11 is 1.37. The molecule has 2 aliphatic carbocycles. The molecule has 26 heavy (non-hydrogen) atoms. The number of rotatable bonds is 2. The summed E-state index contributed by atoms with van der Waals surface area (Å²) in [5, 5.41) is 12.4. The van der Waals surface area contributed by atoms with Gasteiger partial charge in [-0.05, 0) is 60.9 Å². The highest BCUT2D eigenvalue weighted by Gasteiger charge is 2.60. The fourth-order valence-electron chi connectivity index (χ4n) is 4.57. The maximum absolute atomic E-state index is 12.2. The molecular formula is C21H25N3OS. The second-order valence-electron chi connectivity index (χ2n) is 8.42. The van der Waals surface area contributed by atoms with E-state index in [4.69, 9.17) is 0 Å². The average molecular weight is 368 g/mol. The van der Waals surface area contributed by atoms with E-state index in [1.54, 1.807) is 0 Å². The molecule has 0 spiro atoms. The Hall–Kier alpha value is -1.88. The fourth-order valence-corrected chi connectivity index (χ4v) is 5.34. The Morgan fingerprint density at radius 2 is 2.08 bits per heavy atom. The molecule has 5 heteroatoms. The van der Waals surface area contributed by atoms with Gasteiger partial charge in [0.2, 0.25) is 0 Å². The summed E-state index contributed by atoms with van der Waals surface area (Å²) in [5.41, 5.74) is 3.81. The number of carbonyl (C=O) groups excluding carboxylic acids is 1. The lowest BCUT2D eigenvalue weighted by atomic mass is 9.70. The lowest BCUT2D eigenvalue weighted by Crippen LogP contribution is -2.32. The van der Waals surface area contributed by atoms with Crippen molar-refractivity contribution in [2.24, 2.45) is 27.0 Å². The maximum Gasteiger partial charge on any atom is 0.264 e. The summed E-state index contributed by atoms with van der Waals surface area (Å²) in [4.78, 5) is 12.9. The van der Waals surface area contributed by atoms with Gasteiger partial charge in [-0.15, -0.1) is 5.10 Å². The number of nitrogens with zero attached hydrogens (tertiary/aromatic N) is 2. The van der Waals surface area contributed by atoms with Crippen molar-refractivity contribution >= 4 is 34.6 Å². The number of amides is 1. The second-order valence-corrected chi connectivity index (χ2v) is 9.45. The van der Waals surface area contributed by atoms with Gasteiger partial charge in [0.25, 0.3) is 5.91 Å². The molecule has 3 fully saturated rings. The first-order chi connectivity index (χ1) is 12.3. The topological polar surface area (TPSA) is 53.8 Å². The monoisotopic (exact) mass is 367 g/mol. The van der Waals surface area contributed by atoms with E-state index in [1.165, 1.54) is 35.9 Å². The van der Waals surface area contributed by atoms with Crippen molar-refractivity contribution in [2.45, 2.75) is 47.0 Å². The molecule has 136 valence electrons. The van der Waals surface area contributed by atoms with E-state index in [0.29, 0.717) is 16.0 Å². The molecule has 1 amide bonds. The molecule has 4 nitrogen and oxygen atoms in total. The molecule has 4 rings (SSSR count). The summed E-state index contributed by atoms with van der Waals surface area (Å²) in [7, 11) is 0. The average Bonchev–Trinajstić information content (AvgIpc) is 3.10. The van der Waals surface area contributed by atoms with Gasteiger partial charge in [-0.3, -0.25) is 10.1 Å². The number of nitrogens with one attached hydrogen (secondary N) is 1. The zero-order chi connectivity index (χ0) is 18.5. The number of amidine groups is 1. The smallest absolute Gasteiger partial charge is 0.264 e. The fraction of sp³-hybridized carbons (Fsp3) is 0.476. The number of fused-ring (bicyclic) bond motifs is 2. The normalized spacial score (nSPS) is 34.2. The van der Waals surface area contributed by atoms with Crippen LogP contribution < -0.4 is 5.32 Å². The number of carbonyl (C=O) groups is 1. The maximum atomic E-state index is 12.2. The molecule has 1 aromatic rings. The number of hydrogen-bond donors (Lipinski definition) is 1. The third-order valence-electron chi connectivity index (χ3n) is 6.76. The minimum Gasteiger partial charge on any atom is -0.299 e. The van der Waals surface area contributed by atoms with Crippen LogP contribution in [0.5, 0.6) is 0 Å². The Morgan fingerprint density at radius 1 is 1.27 bits per heavy atom. The first-order valence-electron chi connectivity index (χ1n) is 9.22. The van der Waals surface area contributed by atoms with Crippen LogP contribution in [0.25, 0.3) is 6.08 Å². The number of hydrogen-bond acceptors (Lipinski definition) is 4. The minimum atomic E-state index is -0.102. The lowest BCUT2D eigenvalue weighted by molar-refractivity contribution is -0.115. The van der Waals surface area contributed by atoms with Crippen molar-refractivity contribution in [3.8, 4) is 0 Å². The first-order valence-corrected chi connectivity index (χ1v) is 10.0. The second kappa shape index (κ2) is 6.08. The van der Waals surface area contributed by atoms with Gasteiger partial charge < -0.3 is 0 Å². The van der Waals surface area contributed by atoms with Gasteiger partial charge in [-0.1, -0.05) is 50.6 Å². The van der Waals surface area contributed by atoms with Crippen molar-refractivity contribution < 1.29 is 4.79 Å². The SMILES string of the molecule is Cc1cccc(/C=C2/S/C(=N/N=C3CC4CCC3(C)C4(C)C)NC2=O)c1. The van der Waals surface area contributed by atoms with Crippen molar-refractivity contribution in [3.05, 3.63) is 40.3 Å². The third kappa shape index (κ3) is 2.73. The number of aryl methyl sites for hydroxylation is 1. The predicted octanol–water partition coefficient (Wildman–Crippen LogP) is 4.76. The highest BCUT2D eigenvalue weighted by molar-refractivity contribution is 8.18. The van der Waals surface area contributed by atoms with Gasteiger partial charge in [-0.2, -0.15) is 5.10 Å². The Morgan fingerprint density at radius 3 is 2.73 bits per heavy atom. The van der Waals surface area contributed by atoms with Gasteiger partial charge >= 0.3 is 0 Å². The largest absolute Gasteiger partial charge is 0.299 e. The minimum absolute atomic E-state index is 0.102. The highest BCUT2D eigenvalue weighted by Crippen LogP contribution is 2.64. The summed E-state index contributed by atoms with van der Waals surface area (Å²) in [5.74, 6) is 0.601. The zero-order valence-corrected chi connectivity index (χ0v) is 16.6. The predicted molar refractivity (Wildman–Crippen MR) is 109 cm³/mol. The molecule has 2 unspecified atom stereocenters. The Bertz CT molecular complexity index is 868. The van der Waals surface area contributed by atoms with Crippen molar-refractivity contribution in [3.63, 3.8) is 0 Å². The zero-order valence-electron chi connectivity index (χ0n) is 15.8. The molecule has 2 bridgehead atoms. The van der Waals surface area contributed by atoms with Gasteiger partial charge in [0.1, 0.15) is 0 Å². The summed E-state index contributed by atoms with van der Waals surface area (Å²) in [6.07, 6.45) is 5.41. The third-order valence-corrected chi connectivity index (χ3v) is 7.66. The van der Waals surface area contributed by atoms with Gasteiger partial charge in [-0.25, -0.2) is 0 Å². The standard InChI is InChI=1S/C21H25N3OS/c1-13-6-5-7-14(10-13)11-16-18(25)22-19(26-16)24-23-17-12-15-8-9-21(17,4)20(15,2)3/h5-7,10-11,15H,8-9,12H2,1-4H3,(H,22,24,25)/b16-11+,23-17?. The van der Waals surface area contributed by atoms with Crippen LogP contribution in [0.1, 0.15) is 51.2 Å². The first kappa shape index (κ1) is 17.5. The lowest BCUT2D eigenvalue weighted by Gasteiger charge is -2.34. The molecule has 1 aliphatic heterocycles. The highest BCUT2D eigenvalue weighted by atomic mass is 32.2. The molecule has 0 aromatic heterocycles. The van der Waals surface area contributed by atoms with Crippen LogP contribution in [0.15, 0.2) is 39.4 Å². The van der Waals surface area contributed by atoms with E-state index in [2.05, 4.69) is 42.4 Å². The summed E-state index contributed by atoms with van der Waals surface area (Å²) < 4.78 is 0. The van der Waals surface area contributed by atoms with Gasteiger partial charge in [0.05, 0.1) is 4.91 Å². The van der Waals surface area contributed by atoms with Crippen LogP contribution in [0.2, 0.25) is 0 Å². The molecule has 1 N–H and O–H groups in total. The Balaban J connectivity index is 1.55. The number of thioether (sulfide) groups is 1. The molecule has 1 saturated heterocycles. The van der Waals surface area contributed by atoms with E-state index in [1.807, 2.05) is 31.2 Å². The van der Waals surface area contributed by atoms with Crippen LogP contribution in [0.4, 0.5) is 0 Å². The molecule has 3 aliphatic rings. The number of benzene rings is 1. The molecule has 2 saturated carbocycles. The molecule has 1 heterocycles. The molecule has 2 atom stereocenters. The molecule has 0 radical (unpaired) electrons. The van der Waals surface area contributed by atoms with E-state index in [9.17, 15) is 4.79 Å². The van der Waals surface area contributed by atoms with Crippen molar-refractivity contribution in [2.75, 3.05) is 0 Å². The van der Waals surface area contributed by atoms with Crippen LogP contribution in [0, 0.1) is 23.7 Å². The van der Waals surface area contributed by atoms with Crippen LogP contribution in [-0.2, 0) is 4.79 Å².